The van der Waals surface area contributed by atoms with E-state index in [1.807, 2.05) is 0 Å². The lowest BCUT2D eigenvalue weighted by atomic mass is 9.68. The molecule has 0 saturated heterocycles. The smallest absolute Gasteiger partial charge is 0.125 e. The highest BCUT2D eigenvalue weighted by molar-refractivity contribution is 5.68. The van der Waals surface area contributed by atoms with Gasteiger partial charge in [0.1, 0.15) is 5.75 Å². The molecule has 36 heavy (non-hydrogen) atoms. The Labute approximate surface area is 222 Å². The van der Waals surface area contributed by atoms with E-state index < -0.39 is 0 Å². The molecule has 2 saturated carbocycles. The minimum Gasteiger partial charge on any atom is -0.493 e. The first-order valence-electron chi connectivity index (χ1n) is 15.4. The second-order valence-corrected chi connectivity index (χ2v) is 12.1. The predicted octanol–water partition coefficient (Wildman–Crippen LogP) is 10.4. The number of benzene rings is 2. The Morgan fingerprint density at radius 1 is 0.694 bits per heavy atom. The van der Waals surface area contributed by atoms with Gasteiger partial charge in [-0.15, -0.1) is 0 Å². The molecule has 2 fully saturated rings. The van der Waals surface area contributed by atoms with Gasteiger partial charge in [0.05, 0.1) is 6.61 Å². The van der Waals surface area contributed by atoms with Gasteiger partial charge in [-0.05, 0) is 121 Å². The Morgan fingerprint density at radius 3 is 1.72 bits per heavy atom. The highest BCUT2D eigenvalue weighted by Gasteiger charge is 2.30. The van der Waals surface area contributed by atoms with Crippen molar-refractivity contribution in [1.82, 2.24) is 0 Å². The molecule has 0 aromatic heterocycles. The maximum absolute atomic E-state index is 6.44. The van der Waals surface area contributed by atoms with Crippen LogP contribution in [-0.4, -0.2) is 6.61 Å². The third kappa shape index (κ3) is 6.56. The average molecular weight is 489 g/mol. The van der Waals surface area contributed by atoms with Gasteiger partial charge in [0.25, 0.3) is 0 Å². The summed E-state index contributed by atoms with van der Waals surface area (Å²) in [5.41, 5.74) is 6.97. The first-order chi connectivity index (χ1) is 17.6. The van der Waals surface area contributed by atoms with Gasteiger partial charge in [0.2, 0.25) is 0 Å². The van der Waals surface area contributed by atoms with Gasteiger partial charge in [0.15, 0.2) is 0 Å². The molecule has 0 N–H and O–H groups in total. The fraction of sp³-hybridized carbons (Fsp3) is 0.657. The molecule has 2 aromatic carbocycles. The van der Waals surface area contributed by atoms with Crippen molar-refractivity contribution in [3.05, 3.63) is 53.1 Å². The summed E-state index contributed by atoms with van der Waals surface area (Å²) in [6, 6.07) is 14.4. The van der Waals surface area contributed by atoms with Crippen molar-refractivity contribution in [3.8, 4) is 16.9 Å². The van der Waals surface area contributed by atoms with E-state index in [9.17, 15) is 0 Å². The van der Waals surface area contributed by atoms with Crippen molar-refractivity contribution < 1.29 is 4.74 Å². The molecular formula is C35H52O. The summed E-state index contributed by atoms with van der Waals surface area (Å²) >= 11 is 0. The van der Waals surface area contributed by atoms with Gasteiger partial charge in [0, 0.05) is 0 Å². The van der Waals surface area contributed by atoms with E-state index in [-0.39, 0.29) is 0 Å². The van der Waals surface area contributed by atoms with Gasteiger partial charge in [-0.25, -0.2) is 0 Å². The first kappa shape index (κ1) is 27.3. The van der Waals surface area contributed by atoms with Gasteiger partial charge in [-0.1, -0.05) is 84.6 Å². The molecule has 1 heteroatoms. The fourth-order valence-electron chi connectivity index (χ4n) is 6.99. The maximum atomic E-state index is 6.44. The zero-order chi connectivity index (χ0) is 25.5. The van der Waals surface area contributed by atoms with Crippen LogP contribution >= 0.6 is 0 Å². The molecule has 4 rings (SSSR count). The molecule has 0 atom stereocenters. The number of rotatable bonds is 10. The monoisotopic (exact) mass is 488 g/mol. The lowest BCUT2D eigenvalue weighted by Crippen LogP contribution is -2.24. The second-order valence-electron chi connectivity index (χ2n) is 12.1. The summed E-state index contributed by atoms with van der Waals surface area (Å²) in [4.78, 5) is 0. The topological polar surface area (TPSA) is 9.23 Å². The van der Waals surface area contributed by atoms with Crippen molar-refractivity contribution >= 4 is 0 Å². The molecule has 198 valence electrons. The van der Waals surface area contributed by atoms with E-state index in [1.54, 1.807) is 5.56 Å². The lowest BCUT2D eigenvalue weighted by Gasteiger charge is -2.37. The van der Waals surface area contributed by atoms with Crippen LogP contribution in [0.2, 0.25) is 0 Å². The van der Waals surface area contributed by atoms with Crippen molar-refractivity contribution in [3.63, 3.8) is 0 Å². The van der Waals surface area contributed by atoms with Crippen molar-refractivity contribution in [2.45, 2.75) is 118 Å². The van der Waals surface area contributed by atoms with E-state index >= 15 is 0 Å². The molecule has 0 unspecified atom stereocenters. The van der Waals surface area contributed by atoms with Crippen LogP contribution in [0.3, 0.4) is 0 Å². The van der Waals surface area contributed by atoms with E-state index in [0.717, 1.165) is 48.9 Å². The average Bonchev–Trinajstić information content (AvgIpc) is 2.94. The Morgan fingerprint density at radius 2 is 1.22 bits per heavy atom. The van der Waals surface area contributed by atoms with Crippen LogP contribution in [0.4, 0.5) is 0 Å². The fourth-order valence-corrected chi connectivity index (χ4v) is 6.99. The molecule has 0 heterocycles. The highest BCUT2D eigenvalue weighted by atomic mass is 16.5. The van der Waals surface area contributed by atoms with Gasteiger partial charge >= 0.3 is 0 Å². The Kier molecular flexibility index (Phi) is 9.97. The van der Waals surface area contributed by atoms with Crippen molar-refractivity contribution in [2.75, 3.05) is 6.61 Å². The molecule has 0 radical (unpaired) electrons. The molecule has 1 nitrogen and oxygen atoms in total. The zero-order valence-electron chi connectivity index (χ0n) is 24.0. The molecular weight excluding hydrogens is 436 g/mol. The minimum atomic E-state index is 0.646. The quantitative estimate of drug-likeness (QED) is 0.323. The third-order valence-electron chi connectivity index (χ3n) is 9.84. The van der Waals surface area contributed by atoms with Crippen molar-refractivity contribution in [1.29, 1.82) is 0 Å². The summed E-state index contributed by atoms with van der Waals surface area (Å²) < 4.78 is 6.44. The van der Waals surface area contributed by atoms with Crippen LogP contribution < -0.4 is 4.74 Å². The normalized spacial score (nSPS) is 24.7. The van der Waals surface area contributed by atoms with E-state index in [4.69, 9.17) is 4.74 Å². The van der Waals surface area contributed by atoms with Crippen LogP contribution in [-0.2, 0) is 12.8 Å². The summed E-state index contributed by atoms with van der Waals surface area (Å²) in [6.45, 7) is 12.3. The minimum absolute atomic E-state index is 0.646. The van der Waals surface area contributed by atoms with Crippen LogP contribution in [0.25, 0.3) is 11.1 Å². The first-order valence-corrected chi connectivity index (χ1v) is 15.4. The molecule has 0 bridgehead atoms. The van der Waals surface area contributed by atoms with E-state index in [0.29, 0.717) is 5.92 Å². The SMILES string of the molecule is CCc1cc(-c2ccc(C3CCC(C4CCC(C)CC4)CC3)cc2)cc(CC)c1OCC(CC)CC. The summed E-state index contributed by atoms with van der Waals surface area (Å²) in [7, 11) is 0. The maximum Gasteiger partial charge on any atom is 0.125 e. The standard InChI is InChI=1S/C35H52O/c1-6-26(7-2)24-36-35-27(8-3)22-34(23-28(35)9-4)33-20-18-32(19-21-33)31-16-14-30(15-17-31)29-12-10-25(5)11-13-29/h18-23,25-26,29-31H,6-17,24H2,1-5H3. The number of aryl methyl sites for hydroxylation is 2. The largest absolute Gasteiger partial charge is 0.493 e. The molecule has 0 spiro atoms. The van der Waals surface area contributed by atoms with Gasteiger partial charge in [-0.3, -0.25) is 0 Å². The van der Waals surface area contributed by atoms with Crippen LogP contribution in [0, 0.1) is 23.7 Å². The molecule has 2 aromatic rings. The third-order valence-corrected chi connectivity index (χ3v) is 9.84. The van der Waals surface area contributed by atoms with Crippen molar-refractivity contribution in [2.24, 2.45) is 23.7 Å². The predicted molar refractivity (Wildman–Crippen MR) is 156 cm³/mol. The highest BCUT2D eigenvalue weighted by Crippen LogP contribution is 2.44. The molecule has 0 aliphatic heterocycles. The molecule has 2 aliphatic carbocycles. The summed E-state index contributed by atoms with van der Waals surface area (Å²) in [6.07, 6.45) is 16.0. The van der Waals surface area contributed by atoms with Crippen LogP contribution in [0.5, 0.6) is 5.75 Å². The Hall–Kier alpha value is -1.76. The van der Waals surface area contributed by atoms with E-state index in [2.05, 4.69) is 71.0 Å². The lowest BCUT2D eigenvalue weighted by molar-refractivity contribution is 0.165. The number of ether oxygens (including phenoxy) is 1. The van der Waals surface area contributed by atoms with E-state index in [1.165, 1.54) is 86.5 Å². The van der Waals surface area contributed by atoms with Crippen LogP contribution in [0.15, 0.2) is 36.4 Å². The summed E-state index contributed by atoms with van der Waals surface area (Å²) in [5, 5.41) is 0. The second kappa shape index (κ2) is 13.2. The number of hydrogen-bond acceptors (Lipinski definition) is 1. The summed E-state index contributed by atoms with van der Waals surface area (Å²) in [5.74, 6) is 5.54. The molecule has 2 aliphatic rings. The number of hydrogen-bond donors (Lipinski definition) is 0. The molecule has 0 amide bonds. The zero-order valence-corrected chi connectivity index (χ0v) is 24.0. The Balaban J connectivity index is 1.42. The Bertz CT molecular complexity index is 897. The van der Waals surface area contributed by atoms with Crippen LogP contribution in [0.1, 0.15) is 121 Å². The van der Waals surface area contributed by atoms with Gasteiger partial charge in [-0.2, -0.15) is 0 Å². The van der Waals surface area contributed by atoms with Gasteiger partial charge < -0.3 is 4.74 Å².